The van der Waals surface area contributed by atoms with Crippen LogP contribution >= 0.6 is 0 Å². The zero-order valence-electron chi connectivity index (χ0n) is 13.5. The van der Waals surface area contributed by atoms with Crippen LogP contribution in [0.5, 0.6) is 0 Å². The molecule has 25 heavy (non-hydrogen) atoms. The second kappa shape index (κ2) is 6.97. The highest BCUT2D eigenvalue weighted by atomic mass is 16.4. The Labute approximate surface area is 146 Å². The van der Waals surface area contributed by atoms with Crippen LogP contribution in [0.2, 0.25) is 0 Å². The van der Waals surface area contributed by atoms with E-state index < -0.39 is 0 Å². The van der Waals surface area contributed by atoms with Crippen LogP contribution < -0.4 is 0 Å². The van der Waals surface area contributed by atoms with E-state index in [-0.39, 0.29) is 0 Å². The van der Waals surface area contributed by atoms with Gasteiger partial charge in [-0.3, -0.25) is 0 Å². The highest BCUT2D eigenvalue weighted by Crippen LogP contribution is 2.27. The minimum atomic E-state index is 0.521. The van der Waals surface area contributed by atoms with Crippen molar-refractivity contribution in [2.45, 2.75) is 0 Å². The van der Waals surface area contributed by atoms with Crippen LogP contribution in [0, 0.1) is 0 Å². The lowest BCUT2D eigenvalue weighted by molar-refractivity contribution is 0.584. The van der Waals surface area contributed by atoms with E-state index in [0.29, 0.717) is 11.8 Å². The molecule has 0 saturated carbocycles. The van der Waals surface area contributed by atoms with Crippen LogP contribution in [0.15, 0.2) is 89.3 Å². The molecule has 0 unspecified atom stereocenters. The third-order valence-corrected chi connectivity index (χ3v) is 3.89. The van der Waals surface area contributed by atoms with Crippen molar-refractivity contribution in [1.82, 2.24) is 10.2 Å². The molecule has 4 rings (SSSR count). The van der Waals surface area contributed by atoms with Crippen molar-refractivity contribution in [1.29, 1.82) is 0 Å². The average molecular weight is 324 g/mol. The summed E-state index contributed by atoms with van der Waals surface area (Å²) in [6.07, 6.45) is 4.14. The zero-order chi connectivity index (χ0) is 16.9. The molecule has 0 saturated heterocycles. The van der Waals surface area contributed by atoms with Crippen LogP contribution in [0.3, 0.4) is 0 Å². The number of hydrogen-bond acceptors (Lipinski definition) is 3. The van der Waals surface area contributed by atoms with Crippen LogP contribution in [0.25, 0.3) is 35.1 Å². The second-order valence-corrected chi connectivity index (χ2v) is 5.61. The lowest BCUT2D eigenvalue weighted by Crippen LogP contribution is -1.83. The number of rotatable bonds is 4. The molecule has 0 aliphatic rings. The quantitative estimate of drug-likeness (QED) is 0.460. The minimum Gasteiger partial charge on any atom is -0.416 e. The van der Waals surface area contributed by atoms with Gasteiger partial charge >= 0.3 is 0 Å². The highest BCUT2D eigenvalue weighted by molar-refractivity contribution is 5.78. The van der Waals surface area contributed by atoms with Crippen molar-refractivity contribution < 1.29 is 4.42 Å². The molecule has 0 amide bonds. The molecule has 1 heterocycles. The van der Waals surface area contributed by atoms with Crippen molar-refractivity contribution in [2.24, 2.45) is 0 Å². The monoisotopic (exact) mass is 324 g/mol. The largest absolute Gasteiger partial charge is 0.416 e. The minimum absolute atomic E-state index is 0.521. The Morgan fingerprint density at radius 3 is 2.04 bits per heavy atom. The maximum absolute atomic E-state index is 5.89. The summed E-state index contributed by atoms with van der Waals surface area (Å²) in [4.78, 5) is 0. The molecule has 0 bridgehead atoms. The number of nitrogens with zero attached hydrogens (tertiary/aromatic N) is 2. The Bertz CT molecular complexity index is 989. The van der Waals surface area contributed by atoms with E-state index in [0.717, 1.165) is 22.3 Å². The van der Waals surface area contributed by atoms with Crippen molar-refractivity contribution in [3.8, 4) is 22.9 Å². The number of aromatic nitrogens is 2. The Hall–Kier alpha value is -3.46. The molecule has 4 aromatic rings. The lowest BCUT2D eigenvalue weighted by atomic mass is 10.1. The van der Waals surface area contributed by atoms with Gasteiger partial charge in [0.25, 0.3) is 0 Å². The molecule has 0 aliphatic carbocycles. The molecule has 0 aliphatic heterocycles. The van der Waals surface area contributed by atoms with Gasteiger partial charge in [0, 0.05) is 11.1 Å². The van der Waals surface area contributed by atoms with E-state index in [4.69, 9.17) is 4.42 Å². The van der Waals surface area contributed by atoms with Gasteiger partial charge in [0.15, 0.2) is 0 Å². The molecule has 1 aromatic heterocycles. The van der Waals surface area contributed by atoms with Crippen LogP contribution in [-0.2, 0) is 0 Å². The van der Waals surface area contributed by atoms with E-state index in [2.05, 4.69) is 34.5 Å². The fourth-order valence-electron chi connectivity index (χ4n) is 2.62. The average Bonchev–Trinajstić information content (AvgIpc) is 3.18. The fourth-order valence-corrected chi connectivity index (χ4v) is 2.62. The summed E-state index contributed by atoms with van der Waals surface area (Å²) in [6, 6.07) is 28.0. The van der Waals surface area contributed by atoms with Crippen molar-refractivity contribution in [2.75, 3.05) is 0 Å². The summed E-state index contributed by atoms with van der Waals surface area (Å²) >= 11 is 0. The molecule has 0 atom stereocenters. The molecule has 0 N–H and O–H groups in total. The first-order chi connectivity index (χ1) is 12.4. The maximum atomic E-state index is 5.89. The molecule has 3 aromatic carbocycles. The van der Waals surface area contributed by atoms with Gasteiger partial charge in [-0.25, -0.2) is 0 Å². The van der Waals surface area contributed by atoms with E-state index >= 15 is 0 Å². The lowest BCUT2D eigenvalue weighted by Gasteiger charge is -2.01. The first-order valence-electron chi connectivity index (χ1n) is 8.11. The fraction of sp³-hybridized carbons (Fsp3) is 0. The van der Waals surface area contributed by atoms with Gasteiger partial charge in [-0.1, -0.05) is 78.9 Å². The van der Waals surface area contributed by atoms with Crippen LogP contribution in [0.4, 0.5) is 0 Å². The molecule has 3 heteroatoms. The van der Waals surface area contributed by atoms with E-state index in [1.165, 1.54) is 0 Å². The highest BCUT2D eigenvalue weighted by Gasteiger charge is 2.12. The van der Waals surface area contributed by atoms with Gasteiger partial charge in [-0.05, 0) is 29.3 Å². The SMILES string of the molecule is C(=Cc1ccccc1-c1nnc(-c2ccccc2)o1)c1ccccc1. The predicted octanol–water partition coefficient (Wildman–Crippen LogP) is 5.57. The Morgan fingerprint density at radius 1 is 0.600 bits per heavy atom. The standard InChI is InChI=1S/C22H16N2O/c1-3-9-17(10-4-1)15-16-18-11-7-8-14-20(18)22-24-23-21(25-22)19-12-5-2-6-13-19/h1-16H. The molecular weight excluding hydrogens is 308 g/mol. The summed E-state index contributed by atoms with van der Waals surface area (Å²) in [6.45, 7) is 0. The summed E-state index contributed by atoms with van der Waals surface area (Å²) in [7, 11) is 0. The predicted molar refractivity (Wildman–Crippen MR) is 101 cm³/mol. The molecular formula is C22H16N2O. The molecule has 0 radical (unpaired) electrons. The maximum Gasteiger partial charge on any atom is 0.248 e. The Morgan fingerprint density at radius 2 is 1.24 bits per heavy atom. The van der Waals surface area contributed by atoms with Gasteiger partial charge in [0.2, 0.25) is 11.8 Å². The van der Waals surface area contributed by atoms with Gasteiger partial charge in [-0.15, -0.1) is 10.2 Å². The van der Waals surface area contributed by atoms with E-state index in [1.807, 2.05) is 72.8 Å². The van der Waals surface area contributed by atoms with Crippen LogP contribution in [0.1, 0.15) is 11.1 Å². The van der Waals surface area contributed by atoms with E-state index in [1.54, 1.807) is 0 Å². The third-order valence-electron chi connectivity index (χ3n) is 3.89. The summed E-state index contributed by atoms with van der Waals surface area (Å²) < 4.78 is 5.89. The Kier molecular flexibility index (Phi) is 4.21. The Balaban J connectivity index is 1.68. The first-order valence-corrected chi connectivity index (χ1v) is 8.11. The molecule has 0 fully saturated rings. The van der Waals surface area contributed by atoms with Gasteiger partial charge in [-0.2, -0.15) is 0 Å². The van der Waals surface area contributed by atoms with Gasteiger partial charge < -0.3 is 4.42 Å². The van der Waals surface area contributed by atoms with Gasteiger partial charge in [0.1, 0.15) is 0 Å². The number of benzene rings is 3. The topological polar surface area (TPSA) is 38.9 Å². The molecule has 3 nitrogen and oxygen atoms in total. The van der Waals surface area contributed by atoms with E-state index in [9.17, 15) is 0 Å². The van der Waals surface area contributed by atoms with Crippen molar-refractivity contribution in [3.05, 3.63) is 96.1 Å². The van der Waals surface area contributed by atoms with Crippen LogP contribution in [-0.4, -0.2) is 10.2 Å². The normalized spacial score (nSPS) is 11.0. The first kappa shape index (κ1) is 15.1. The molecule has 0 spiro atoms. The third kappa shape index (κ3) is 3.40. The van der Waals surface area contributed by atoms with Gasteiger partial charge in [0.05, 0.1) is 0 Å². The summed E-state index contributed by atoms with van der Waals surface area (Å²) in [5, 5.41) is 8.41. The second-order valence-electron chi connectivity index (χ2n) is 5.61. The number of hydrogen-bond donors (Lipinski definition) is 0. The summed E-state index contributed by atoms with van der Waals surface area (Å²) in [5.74, 6) is 1.05. The molecule has 120 valence electrons. The smallest absolute Gasteiger partial charge is 0.248 e. The zero-order valence-corrected chi connectivity index (χ0v) is 13.5. The summed E-state index contributed by atoms with van der Waals surface area (Å²) in [5.41, 5.74) is 4.02. The van der Waals surface area contributed by atoms with Crippen molar-refractivity contribution in [3.63, 3.8) is 0 Å². The van der Waals surface area contributed by atoms with Crippen molar-refractivity contribution >= 4 is 12.2 Å².